The SMILES string of the molecule is CC(CCS)(O[Si](C)(C)C)c1ccccc1. The largest absolute Gasteiger partial charge is 0.408 e. The van der Waals surface area contributed by atoms with E-state index in [-0.39, 0.29) is 5.60 Å². The lowest BCUT2D eigenvalue weighted by Gasteiger charge is -2.36. The van der Waals surface area contributed by atoms with Gasteiger partial charge in [-0.3, -0.25) is 0 Å². The van der Waals surface area contributed by atoms with E-state index in [0.717, 1.165) is 12.2 Å². The highest BCUT2D eigenvalue weighted by Gasteiger charge is 2.32. The van der Waals surface area contributed by atoms with E-state index in [0.29, 0.717) is 0 Å². The van der Waals surface area contributed by atoms with Crippen molar-refractivity contribution in [3.63, 3.8) is 0 Å². The zero-order valence-corrected chi connectivity index (χ0v) is 12.6. The van der Waals surface area contributed by atoms with Crippen molar-refractivity contribution in [1.29, 1.82) is 0 Å². The molecule has 0 saturated heterocycles. The van der Waals surface area contributed by atoms with Crippen molar-refractivity contribution >= 4 is 20.9 Å². The first-order chi connectivity index (χ1) is 7.37. The van der Waals surface area contributed by atoms with E-state index in [2.05, 4.69) is 63.5 Å². The summed E-state index contributed by atoms with van der Waals surface area (Å²) in [7, 11) is -1.55. The maximum absolute atomic E-state index is 6.34. The molecule has 0 heterocycles. The zero-order valence-electron chi connectivity index (χ0n) is 10.7. The van der Waals surface area contributed by atoms with Gasteiger partial charge in [0.15, 0.2) is 8.32 Å². The van der Waals surface area contributed by atoms with Crippen molar-refractivity contribution in [1.82, 2.24) is 0 Å². The second-order valence-electron chi connectivity index (χ2n) is 5.28. The maximum Gasteiger partial charge on any atom is 0.184 e. The predicted molar refractivity (Wildman–Crippen MR) is 76.7 cm³/mol. The van der Waals surface area contributed by atoms with Gasteiger partial charge in [-0.2, -0.15) is 12.6 Å². The predicted octanol–water partition coefficient (Wildman–Crippen LogP) is 4.07. The van der Waals surface area contributed by atoms with Gasteiger partial charge in [0, 0.05) is 0 Å². The fourth-order valence-corrected chi connectivity index (χ4v) is 3.93. The highest BCUT2D eigenvalue weighted by molar-refractivity contribution is 7.80. The fraction of sp³-hybridized carbons (Fsp3) is 0.538. The Bertz CT molecular complexity index is 320. The van der Waals surface area contributed by atoms with E-state index >= 15 is 0 Å². The van der Waals surface area contributed by atoms with Crippen LogP contribution in [0.2, 0.25) is 19.6 Å². The summed E-state index contributed by atoms with van der Waals surface area (Å²) in [5, 5.41) is 0. The third-order valence-corrected chi connectivity index (χ3v) is 3.79. The van der Waals surface area contributed by atoms with Crippen LogP contribution in [0.25, 0.3) is 0 Å². The molecule has 1 unspecified atom stereocenters. The van der Waals surface area contributed by atoms with Crippen LogP contribution >= 0.6 is 12.6 Å². The van der Waals surface area contributed by atoms with Crippen molar-refractivity contribution in [3.8, 4) is 0 Å². The second kappa shape index (κ2) is 5.39. The molecule has 1 aromatic rings. The van der Waals surface area contributed by atoms with Crippen LogP contribution in [0.5, 0.6) is 0 Å². The van der Waals surface area contributed by atoms with E-state index in [4.69, 9.17) is 4.43 Å². The summed E-state index contributed by atoms with van der Waals surface area (Å²) in [6.45, 7) is 8.86. The highest BCUT2D eigenvalue weighted by atomic mass is 32.1. The molecule has 0 aliphatic heterocycles. The van der Waals surface area contributed by atoms with Gasteiger partial charge in [-0.25, -0.2) is 0 Å². The summed E-state index contributed by atoms with van der Waals surface area (Å²) < 4.78 is 6.34. The molecule has 1 rings (SSSR count). The minimum atomic E-state index is -1.55. The summed E-state index contributed by atoms with van der Waals surface area (Å²) in [5.41, 5.74) is 1.07. The second-order valence-corrected chi connectivity index (χ2v) is 10.2. The average molecular weight is 254 g/mol. The molecule has 1 aromatic carbocycles. The van der Waals surface area contributed by atoms with Gasteiger partial charge in [-0.1, -0.05) is 30.3 Å². The molecular formula is C13H22OSSi. The monoisotopic (exact) mass is 254 g/mol. The first kappa shape index (κ1) is 13.8. The van der Waals surface area contributed by atoms with Crippen LogP contribution in [0, 0.1) is 0 Å². The first-order valence-corrected chi connectivity index (χ1v) is 9.78. The van der Waals surface area contributed by atoms with Crippen LogP contribution in [-0.4, -0.2) is 14.1 Å². The van der Waals surface area contributed by atoms with Gasteiger partial charge >= 0.3 is 0 Å². The topological polar surface area (TPSA) is 9.23 Å². The van der Waals surface area contributed by atoms with Crippen molar-refractivity contribution in [2.45, 2.75) is 38.6 Å². The number of rotatable bonds is 5. The minimum Gasteiger partial charge on any atom is -0.408 e. The third kappa shape index (κ3) is 3.96. The van der Waals surface area contributed by atoms with Crippen molar-refractivity contribution in [2.24, 2.45) is 0 Å². The molecule has 1 atom stereocenters. The van der Waals surface area contributed by atoms with Crippen LogP contribution < -0.4 is 0 Å². The van der Waals surface area contributed by atoms with Gasteiger partial charge in [-0.05, 0) is 44.3 Å². The van der Waals surface area contributed by atoms with E-state index in [9.17, 15) is 0 Å². The number of benzene rings is 1. The van der Waals surface area contributed by atoms with Crippen LogP contribution in [0.1, 0.15) is 18.9 Å². The molecule has 0 aliphatic carbocycles. The summed E-state index contributed by atoms with van der Waals surface area (Å²) >= 11 is 4.35. The normalized spacial score (nSPS) is 15.8. The Hall–Kier alpha value is -0.253. The van der Waals surface area contributed by atoms with E-state index in [1.54, 1.807) is 0 Å². The Morgan fingerprint density at radius 2 is 1.75 bits per heavy atom. The van der Waals surface area contributed by atoms with Crippen LogP contribution in [-0.2, 0) is 10.0 Å². The van der Waals surface area contributed by atoms with Crippen LogP contribution in [0.15, 0.2) is 30.3 Å². The van der Waals surface area contributed by atoms with Gasteiger partial charge in [0.05, 0.1) is 5.60 Å². The number of thiol groups is 1. The molecule has 0 aliphatic rings. The van der Waals surface area contributed by atoms with Crippen molar-refractivity contribution in [3.05, 3.63) is 35.9 Å². The average Bonchev–Trinajstić information content (AvgIpc) is 2.16. The Balaban J connectivity index is 2.97. The van der Waals surface area contributed by atoms with Crippen molar-refractivity contribution in [2.75, 3.05) is 5.75 Å². The highest BCUT2D eigenvalue weighted by Crippen LogP contribution is 2.32. The molecule has 0 amide bonds. The molecule has 0 bridgehead atoms. The molecule has 3 heteroatoms. The van der Waals surface area contributed by atoms with Gasteiger partial charge in [-0.15, -0.1) is 0 Å². The van der Waals surface area contributed by atoms with Gasteiger partial charge in [0.2, 0.25) is 0 Å². The molecule has 0 fully saturated rings. The molecule has 1 nitrogen and oxygen atoms in total. The third-order valence-electron chi connectivity index (χ3n) is 2.50. The first-order valence-electron chi connectivity index (χ1n) is 5.74. The van der Waals surface area contributed by atoms with Crippen LogP contribution in [0.3, 0.4) is 0 Å². The molecule has 0 spiro atoms. The number of hydrogen-bond donors (Lipinski definition) is 1. The fourth-order valence-electron chi connectivity index (χ4n) is 1.93. The maximum atomic E-state index is 6.34. The molecule has 0 aromatic heterocycles. The Morgan fingerprint density at radius 1 is 1.19 bits per heavy atom. The summed E-state index contributed by atoms with van der Waals surface area (Å²) in [6.07, 6.45) is 0.949. The molecular weight excluding hydrogens is 232 g/mol. The smallest absolute Gasteiger partial charge is 0.184 e. The molecule has 16 heavy (non-hydrogen) atoms. The minimum absolute atomic E-state index is 0.187. The Labute approximate surface area is 106 Å². The lowest BCUT2D eigenvalue weighted by molar-refractivity contribution is 0.0755. The lowest BCUT2D eigenvalue weighted by atomic mass is 9.93. The number of hydrogen-bond acceptors (Lipinski definition) is 2. The van der Waals surface area contributed by atoms with E-state index in [1.165, 1.54) is 5.56 Å². The van der Waals surface area contributed by atoms with Gasteiger partial charge in [0.1, 0.15) is 0 Å². The van der Waals surface area contributed by atoms with E-state index in [1.807, 2.05) is 6.07 Å². The lowest BCUT2D eigenvalue weighted by Crippen LogP contribution is -2.39. The summed E-state index contributed by atoms with van der Waals surface area (Å²) in [5.74, 6) is 0.843. The summed E-state index contributed by atoms with van der Waals surface area (Å²) in [4.78, 5) is 0. The summed E-state index contributed by atoms with van der Waals surface area (Å²) in [6, 6.07) is 10.5. The molecule has 0 radical (unpaired) electrons. The Kier molecular flexibility index (Phi) is 4.65. The Morgan fingerprint density at radius 3 is 2.19 bits per heavy atom. The standard InChI is InChI=1S/C13H22OSSi/c1-13(10-11-15,14-16(2,3)4)12-8-6-5-7-9-12/h5-9,15H,10-11H2,1-4H3. The van der Waals surface area contributed by atoms with Gasteiger partial charge in [0.25, 0.3) is 0 Å². The van der Waals surface area contributed by atoms with Gasteiger partial charge < -0.3 is 4.43 Å². The van der Waals surface area contributed by atoms with E-state index < -0.39 is 8.32 Å². The molecule has 0 saturated carbocycles. The van der Waals surface area contributed by atoms with Crippen molar-refractivity contribution < 1.29 is 4.43 Å². The molecule has 0 N–H and O–H groups in total. The van der Waals surface area contributed by atoms with Crippen LogP contribution in [0.4, 0.5) is 0 Å². The zero-order chi connectivity index (χ0) is 12.2. The quantitative estimate of drug-likeness (QED) is 0.615. The molecule has 90 valence electrons.